The average Bonchev–Trinajstić information content (AvgIpc) is 3.14. The molecule has 0 spiro atoms. The molecule has 0 aromatic heterocycles. The fourth-order valence-corrected chi connectivity index (χ4v) is 5.30. The molecular weight excluding hydrogens is 437 g/mol. The monoisotopic (exact) mass is 455 g/mol. The number of halogens is 2. The van der Waals surface area contributed by atoms with Crippen LogP contribution in [-0.2, 0) is 20.8 Å². The molecule has 2 aromatic rings. The van der Waals surface area contributed by atoms with Crippen molar-refractivity contribution in [1.82, 2.24) is 10.2 Å². The number of fused-ring (bicyclic) bond motifs is 1. The Hall–Kier alpha value is -2.88. The summed E-state index contributed by atoms with van der Waals surface area (Å²) in [5, 5.41) is 12.6. The molecule has 2 saturated heterocycles. The summed E-state index contributed by atoms with van der Waals surface area (Å²) in [5.41, 5.74) is 0.731. The molecule has 31 heavy (non-hydrogen) atoms. The Bertz CT molecular complexity index is 1110. The number of benzene rings is 2. The topological polar surface area (TPSA) is 90.3 Å². The first-order valence-electron chi connectivity index (χ1n) is 9.81. The summed E-state index contributed by atoms with van der Waals surface area (Å²) in [4.78, 5) is 40.4. The van der Waals surface area contributed by atoms with E-state index in [1.54, 1.807) is 47.4 Å². The minimum Gasteiger partial charge on any atom is -0.352 e. The SMILES string of the molecule is CC(=O)NC1CN2C(=O)C(c3cc(Cl)cc(Cl)c3)C(=O)C2(Cc2ccc(C#N)cc2)C1. The molecule has 0 bridgehead atoms. The third-order valence-electron chi connectivity index (χ3n) is 5.94. The lowest BCUT2D eigenvalue weighted by atomic mass is 9.80. The smallest absolute Gasteiger partial charge is 0.238 e. The quantitative estimate of drug-likeness (QED) is 0.716. The molecule has 0 aliphatic carbocycles. The number of carbonyl (C=O) groups is 3. The second-order valence-corrected chi connectivity index (χ2v) is 8.94. The maximum atomic E-state index is 13.8. The average molecular weight is 456 g/mol. The molecule has 2 aliphatic heterocycles. The van der Waals surface area contributed by atoms with Gasteiger partial charge < -0.3 is 10.2 Å². The summed E-state index contributed by atoms with van der Waals surface area (Å²) in [5.74, 6) is -1.75. The molecule has 2 heterocycles. The van der Waals surface area contributed by atoms with Gasteiger partial charge in [0.25, 0.3) is 0 Å². The molecule has 0 saturated carbocycles. The van der Waals surface area contributed by atoms with Crippen LogP contribution in [0.15, 0.2) is 42.5 Å². The molecule has 2 aromatic carbocycles. The molecule has 158 valence electrons. The summed E-state index contributed by atoms with van der Waals surface area (Å²) >= 11 is 12.2. The van der Waals surface area contributed by atoms with Crippen LogP contribution in [0.3, 0.4) is 0 Å². The lowest BCUT2D eigenvalue weighted by molar-refractivity contribution is -0.131. The van der Waals surface area contributed by atoms with Crippen molar-refractivity contribution in [3.8, 4) is 6.07 Å². The van der Waals surface area contributed by atoms with Crippen molar-refractivity contribution in [2.24, 2.45) is 0 Å². The van der Waals surface area contributed by atoms with E-state index in [-0.39, 0.29) is 30.2 Å². The van der Waals surface area contributed by atoms with Crippen LogP contribution in [0, 0.1) is 11.3 Å². The van der Waals surface area contributed by atoms with Gasteiger partial charge in [-0.2, -0.15) is 5.26 Å². The summed E-state index contributed by atoms with van der Waals surface area (Å²) < 4.78 is 0. The summed E-state index contributed by atoms with van der Waals surface area (Å²) in [6, 6.07) is 13.5. The van der Waals surface area contributed by atoms with Gasteiger partial charge in [-0.1, -0.05) is 35.3 Å². The predicted octanol–water partition coefficient (Wildman–Crippen LogP) is 3.25. The number of hydrogen-bond acceptors (Lipinski definition) is 4. The maximum Gasteiger partial charge on any atom is 0.238 e. The molecule has 3 atom stereocenters. The summed E-state index contributed by atoms with van der Waals surface area (Å²) in [6.07, 6.45) is 0.617. The highest BCUT2D eigenvalue weighted by atomic mass is 35.5. The fourth-order valence-electron chi connectivity index (χ4n) is 4.76. The fraction of sp³-hybridized carbons (Fsp3) is 0.304. The summed E-state index contributed by atoms with van der Waals surface area (Å²) in [7, 11) is 0. The number of nitrogens with one attached hydrogen (secondary N) is 1. The van der Waals surface area contributed by atoms with Crippen molar-refractivity contribution in [2.75, 3.05) is 6.54 Å². The highest BCUT2D eigenvalue weighted by Crippen LogP contribution is 2.46. The van der Waals surface area contributed by atoms with E-state index in [0.717, 1.165) is 5.56 Å². The van der Waals surface area contributed by atoms with E-state index >= 15 is 0 Å². The number of nitriles is 1. The Morgan fingerprint density at radius 1 is 1.19 bits per heavy atom. The van der Waals surface area contributed by atoms with E-state index in [4.69, 9.17) is 28.5 Å². The number of ketones is 1. The first-order chi connectivity index (χ1) is 14.7. The Kier molecular flexibility index (Phi) is 5.50. The van der Waals surface area contributed by atoms with Gasteiger partial charge in [0, 0.05) is 42.4 Å². The molecule has 1 N–H and O–H groups in total. The first kappa shape index (κ1) is 21.4. The molecule has 6 nitrogen and oxygen atoms in total. The lowest BCUT2D eigenvalue weighted by Crippen LogP contribution is -2.46. The van der Waals surface area contributed by atoms with Gasteiger partial charge in [-0.3, -0.25) is 14.4 Å². The van der Waals surface area contributed by atoms with Crippen LogP contribution in [0.2, 0.25) is 10.0 Å². The van der Waals surface area contributed by atoms with Crippen LogP contribution in [-0.4, -0.2) is 40.6 Å². The normalized spacial score (nSPS) is 24.8. The highest BCUT2D eigenvalue weighted by molar-refractivity contribution is 6.35. The van der Waals surface area contributed by atoms with E-state index < -0.39 is 11.5 Å². The zero-order valence-corrected chi connectivity index (χ0v) is 18.2. The Labute approximate surface area is 189 Å². The molecule has 2 fully saturated rings. The van der Waals surface area contributed by atoms with E-state index in [1.807, 2.05) is 0 Å². The van der Waals surface area contributed by atoms with Crippen molar-refractivity contribution in [3.63, 3.8) is 0 Å². The van der Waals surface area contributed by atoms with Crippen molar-refractivity contribution in [1.29, 1.82) is 5.26 Å². The third-order valence-corrected chi connectivity index (χ3v) is 6.38. The number of nitrogens with zero attached hydrogens (tertiary/aromatic N) is 2. The predicted molar refractivity (Wildman–Crippen MR) is 116 cm³/mol. The van der Waals surface area contributed by atoms with Gasteiger partial charge in [-0.25, -0.2) is 0 Å². The van der Waals surface area contributed by atoms with Crippen LogP contribution < -0.4 is 5.32 Å². The molecule has 4 rings (SSSR count). The van der Waals surface area contributed by atoms with Gasteiger partial charge >= 0.3 is 0 Å². The zero-order valence-electron chi connectivity index (χ0n) is 16.7. The number of carbonyl (C=O) groups excluding carboxylic acids is 3. The van der Waals surface area contributed by atoms with Crippen LogP contribution in [0.5, 0.6) is 0 Å². The van der Waals surface area contributed by atoms with Gasteiger partial charge in [0.05, 0.1) is 11.6 Å². The standard InChI is InChI=1S/C23H19Cl2N3O3/c1-13(29)27-19-10-23(9-14-2-4-15(11-26)5-3-14)21(30)20(22(31)28(23)12-19)16-6-17(24)8-18(25)7-16/h2-8,19-20H,9-10,12H2,1H3,(H,27,29). The minimum absolute atomic E-state index is 0.210. The third kappa shape index (κ3) is 3.80. The van der Waals surface area contributed by atoms with Crippen molar-refractivity contribution < 1.29 is 14.4 Å². The molecular formula is C23H19Cl2N3O3. The van der Waals surface area contributed by atoms with Crippen LogP contribution in [0.4, 0.5) is 0 Å². The maximum absolute atomic E-state index is 13.8. The highest BCUT2D eigenvalue weighted by Gasteiger charge is 2.62. The molecule has 8 heteroatoms. The zero-order chi connectivity index (χ0) is 22.3. The van der Waals surface area contributed by atoms with Gasteiger partial charge in [0.2, 0.25) is 11.8 Å². The van der Waals surface area contributed by atoms with Crippen molar-refractivity contribution in [3.05, 3.63) is 69.2 Å². The van der Waals surface area contributed by atoms with Gasteiger partial charge in [0.1, 0.15) is 11.5 Å². The Morgan fingerprint density at radius 2 is 1.84 bits per heavy atom. The Balaban J connectivity index is 1.74. The number of amides is 2. The van der Waals surface area contributed by atoms with E-state index in [2.05, 4.69) is 11.4 Å². The number of Topliss-reactive ketones (excluding diaryl/α,β-unsaturated/α-hetero) is 1. The first-order valence-corrected chi connectivity index (χ1v) is 10.6. The minimum atomic E-state index is -1.09. The van der Waals surface area contributed by atoms with E-state index in [1.165, 1.54) is 6.92 Å². The van der Waals surface area contributed by atoms with Crippen LogP contribution in [0.25, 0.3) is 0 Å². The van der Waals surface area contributed by atoms with E-state index in [0.29, 0.717) is 34.0 Å². The van der Waals surface area contributed by atoms with Gasteiger partial charge in [-0.05, 0) is 41.5 Å². The van der Waals surface area contributed by atoms with Crippen LogP contribution in [0.1, 0.15) is 36.0 Å². The van der Waals surface area contributed by atoms with E-state index in [9.17, 15) is 14.4 Å². The van der Waals surface area contributed by atoms with Gasteiger partial charge in [-0.15, -0.1) is 0 Å². The second-order valence-electron chi connectivity index (χ2n) is 8.07. The largest absolute Gasteiger partial charge is 0.352 e. The summed E-state index contributed by atoms with van der Waals surface area (Å²) in [6.45, 7) is 1.67. The molecule has 0 radical (unpaired) electrons. The lowest BCUT2D eigenvalue weighted by Gasteiger charge is -2.30. The van der Waals surface area contributed by atoms with Gasteiger partial charge in [0.15, 0.2) is 5.78 Å². The molecule has 2 aliphatic rings. The van der Waals surface area contributed by atoms with Crippen LogP contribution >= 0.6 is 23.2 Å². The number of rotatable bonds is 4. The second kappa shape index (κ2) is 7.99. The molecule has 3 unspecified atom stereocenters. The Morgan fingerprint density at radius 3 is 2.42 bits per heavy atom. The number of hydrogen-bond donors (Lipinski definition) is 1. The van der Waals surface area contributed by atoms with Crippen molar-refractivity contribution in [2.45, 2.75) is 37.3 Å². The molecule has 2 amide bonds. The van der Waals surface area contributed by atoms with Crippen molar-refractivity contribution >= 4 is 40.8 Å².